The van der Waals surface area contributed by atoms with Crippen LogP contribution in [0.25, 0.3) is 10.1 Å². The molecule has 3 rings (SSSR count). The van der Waals surface area contributed by atoms with Gasteiger partial charge < -0.3 is 4.90 Å². The van der Waals surface area contributed by atoms with Crippen molar-refractivity contribution in [1.82, 2.24) is 4.90 Å². The summed E-state index contributed by atoms with van der Waals surface area (Å²) in [4.78, 5) is 4.78. The summed E-state index contributed by atoms with van der Waals surface area (Å²) in [6, 6.07) is 7.45. The van der Waals surface area contributed by atoms with E-state index < -0.39 is 0 Å². The van der Waals surface area contributed by atoms with E-state index in [4.69, 9.17) is 5.26 Å². The third-order valence-corrected chi connectivity index (χ3v) is 5.43. The predicted octanol–water partition coefficient (Wildman–Crippen LogP) is 4.06. The molecule has 1 aromatic carbocycles. The first kappa shape index (κ1) is 16.2. The number of nitriles is 1. The molecule has 0 N–H and O–H groups in total. The molecule has 2 heterocycles. The molecule has 23 heavy (non-hydrogen) atoms. The maximum absolute atomic E-state index is 13.4. The van der Waals surface area contributed by atoms with Crippen molar-refractivity contribution >= 4 is 27.1 Å². The number of hydrogen-bond acceptors (Lipinski definition) is 4. The quantitative estimate of drug-likeness (QED) is 0.847. The molecule has 0 amide bonds. The predicted molar refractivity (Wildman–Crippen MR) is 94.2 cm³/mol. The molecule has 1 saturated heterocycles. The van der Waals surface area contributed by atoms with Crippen molar-refractivity contribution in [3.8, 4) is 6.07 Å². The fourth-order valence-electron chi connectivity index (χ4n) is 3.19. The summed E-state index contributed by atoms with van der Waals surface area (Å²) in [6.07, 6.45) is 2.48. The fraction of sp³-hybridized carbons (Fsp3) is 0.444. The van der Waals surface area contributed by atoms with Crippen molar-refractivity contribution in [3.63, 3.8) is 0 Å². The molecular formula is C18H21FN3S. The van der Waals surface area contributed by atoms with E-state index in [-0.39, 0.29) is 11.9 Å². The van der Waals surface area contributed by atoms with Crippen LogP contribution in [-0.2, 0) is 0 Å². The van der Waals surface area contributed by atoms with Crippen LogP contribution in [0.1, 0.15) is 19.3 Å². The van der Waals surface area contributed by atoms with Crippen LogP contribution in [0.15, 0.2) is 23.6 Å². The summed E-state index contributed by atoms with van der Waals surface area (Å²) in [7, 11) is 0. The van der Waals surface area contributed by atoms with Crippen molar-refractivity contribution in [2.24, 2.45) is 0 Å². The number of rotatable bonds is 4. The summed E-state index contributed by atoms with van der Waals surface area (Å²) in [5, 5.41) is 12.0. The van der Waals surface area contributed by atoms with Crippen molar-refractivity contribution in [1.29, 1.82) is 5.26 Å². The van der Waals surface area contributed by atoms with Gasteiger partial charge in [-0.1, -0.05) is 0 Å². The maximum Gasteiger partial charge on any atom is 0.124 e. The summed E-state index contributed by atoms with van der Waals surface area (Å²) in [5.41, 5.74) is 1.21. The number of halogens is 1. The minimum absolute atomic E-state index is 0.176. The maximum atomic E-state index is 13.4. The van der Waals surface area contributed by atoms with E-state index in [1.807, 2.05) is 6.07 Å². The lowest BCUT2D eigenvalue weighted by molar-refractivity contribution is 0.235. The van der Waals surface area contributed by atoms with Gasteiger partial charge in [0, 0.05) is 54.1 Å². The van der Waals surface area contributed by atoms with Crippen LogP contribution in [0.4, 0.5) is 10.1 Å². The van der Waals surface area contributed by atoms with Gasteiger partial charge in [0.2, 0.25) is 0 Å². The van der Waals surface area contributed by atoms with Crippen molar-refractivity contribution in [3.05, 3.63) is 36.3 Å². The normalized spacial score (nSPS) is 17.9. The number of nitrogens with zero attached hydrogens (tertiary/aromatic N) is 3. The summed E-state index contributed by atoms with van der Waals surface area (Å²) in [5.74, 6) is -0.176. The molecule has 0 bridgehead atoms. The van der Waals surface area contributed by atoms with Crippen LogP contribution in [0.3, 0.4) is 0 Å². The number of fused-ring (bicyclic) bond motifs is 1. The molecule has 1 aromatic heterocycles. The lowest BCUT2D eigenvalue weighted by Gasteiger charge is -2.27. The molecule has 0 saturated carbocycles. The third kappa shape index (κ3) is 3.65. The van der Waals surface area contributed by atoms with Crippen LogP contribution in [-0.4, -0.2) is 37.1 Å². The summed E-state index contributed by atoms with van der Waals surface area (Å²) in [6.45, 7) is 8.13. The Hall–Kier alpha value is -1.64. The second kappa shape index (κ2) is 7.29. The van der Waals surface area contributed by atoms with E-state index in [2.05, 4.69) is 28.2 Å². The summed E-state index contributed by atoms with van der Waals surface area (Å²) >= 11 is 1.60. The van der Waals surface area contributed by atoms with Crippen molar-refractivity contribution < 1.29 is 4.39 Å². The number of hydrogen-bond donors (Lipinski definition) is 0. The van der Waals surface area contributed by atoms with E-state index in [0.29, 0.717) is 6.42 Å². The van der Waals surface area contributed by atoms with Gasteiger partial charge in [0.05, 0.1) is 11.8 Å². The molecule has 1 aliphatic rings. The Labute approximate surface area is 140 Å². The van der Waals surface area contributed by atoms with E-state index in [9.17, 15) is 4.39 Å². The monoisotopic (exact) mass is 330 g/mol. The van der Waals surface area contributed by atoms with Crippen LogP contribution in [0, 0.1) is 24.1 Å². The SMILES string of the molecule is [CH2]C(CCC#N)N1CCCN(c2csc3cc(F)ccc23)CC1. The summed E-state index contributed by atoms with van der Waals surface area (Å²) < 4.78 is 14.4. The molecule has 3 nitrogen and oxygen atoms in total. The second-order valence-corrected chi connectivity index (χ2v) is 6.90. The molecule has 2 aromatic rings. The molecule has 1 unspecified atom stereocenters. The highest BCUT2D eigenvalue weighted by atomic mass is 32.1. The molecule has 1 radical (unpaired) electrons. The highest BCUT2D eigenvalue weighted by molar-refractivity contribution is 7.17. The van der Waals surface area contributed by atoms with Crippen LogP contribution in [0.2, 0.25) is 0 Å². The second-order valence-electron chi connectivity index (χ2n) is 5.99. The van der Waals surface area contributed by atoms with Gasteiger partial charge in [-0.3, -0.25) is 4.90 Å². The smallest absolute Gasteiger partial charge is 0.124 e. The largest absolute Gasteiger partial charge is 0.369 e. The van der Waals surface area contributed by atoms with Crippen LogP contribution in [0.5, 0.6) is 0 Å². The highest BCUT2D eigenvalue weighted by Crippen LogP contribution is 2.34. The zero-order chi connectivity index (χ0) is 16.2. The molecule has 121 valence electrons. The van der Waals surface area contributed by atoms with E-state index in [1.54, 1.807) is 17.4 Å². The van der Waals surface area contributed by atoms with Gasteiger partial charge >= 0.3 is 0 Å². The molecular weight excluding hydrogens is 309 g/mol. The first-order valence-electron chi connectivity index (χ1n) is 8.05. The van der Waals surface area contributed by atoms with Gasteiger partial charge in [-0.2, -0.15) is 5.26 Å². The lowest BCUT2D eigenvalue weighted by atomic mass is 10.1. The van der Waals surface area contributed by atoms with Gasteiger partial charge in [0.15, 0.2) is 0 Å². The Morgan fingerprint density at radius 2 is 2.17 bits per heavy atom. The van der Waals surface area contributed by atoms with Gasteiger partial charge in [-0.25, -0.2) is 4.39 Å². The first-order valence-corrected chi connectivity index (χ1v) is 8.93. The minimum Gasteiger partial charge on any atom is -0.369 e. The van der Waals surface area contributed by atoms with Gasteiger partial charge in [0.1, 0.15) is 5.82 Å². The highest BCUT2D eigenvalue weighted by Gasteiger charge is 2.20. The number of thiophene rings is 1. The zero-order valence-corrected chi connectivity index (χ0v) is 14.0. The van der Waals surface area contributed by atoms with Gasteiger partial charge in [-0.05, 0) is 38.0 Å². The Bertz CT molecular complexity index is 706. The van der Waals surface area contributed by atoms with Crippen molar-refractivity contribution in [2.45, 2.75) is 25.3 Å². The lowest BCUT2D eigenvalue weighted by Crippen LogP contribution is -2.36. The minimum atomic E-state index is -0.176. The Balaban J connectivity index is 1.71. The van der Waals surface area contributed by atoms with Gasteiger partial charge in [0.25, 0.3) is 0 Å². The van der Waals surface area contributed by atoms with Crippen molar-refractivity contribution in [2.75, 3.05) is 31.1 Å². The molecule has 1 fully saturated rings. The van der Waals surface area contributed by atoms with Gasteiger partial charge in [-0.15, -0.1) is 11.3 Å². The zero-order valence-electron chi connectivity index (χ0n) is 13.2. The average molecular weight is 330 g/mol. The van der Waals surface area contributed by atoms with E-state index in [0.717, 1.165) is 49.1 Å². The average Bonchev–Trinajstić information content (AvgIpc) is 2.80. The van der Waals surface area contributed by atoms with E-state index in [1.165, 1.54) is 11.8 Å². The topological polar surface area (TPSA) is 30.3 Å². The third-order valence-electron chi connectivity index (χ3n) is 4.49. The molecule has 5 heteroatoms. The Morgan fingerprint density at radius 3 is 3.00 bits per heavy atom. The molecule has 1 atom stereocenters. The first-order chi connectivity index (χ1) is 11.2. The fourth-order valence-corrected chi connectivity index (χ4v) is 4.18. The van der Waals surface area contributed by atoms with Crippen LogP contribution >= 0.6 is 11.3 Å². The van der Waals surface area contributed by atoms with Crippen LogP contribution < -0.4 is 4.90 Å². The number of anilines is 1. The Morgan fingerprint density at radius 1 is 1.30 bits per heavy atom. The number of benzene rings is 1. The molecule has 0 spiro atoms. The van der Waals surface area contributed by atoms with E-state index >= 15 is 0 Å². The molecule has 1 aliphatic heterocycles. The Kier molecular flexibility index (Phi) is 5.14. The molecule has 0 aliphatic carbocycles. The standard InChI is InChI=1S/C18H21FN3S/c1-14(4-2-7-20)21-8-3-9-22(11-10-21)17-13-23-18-12-15(19)5-6-16(17)18/h5-6,12-14H,1-4,8-11H2.